The maximum Gasteiger partial charge on any atom is 0.189 e. The zero-order chi connectivity index (χ0) is 68.2. The zero-order valence-electron chi connectivity index (χ0n) is 56.5. The van der Waals surface area contributed by atoms with Crippen LogP contribution in [0.25, 0.3) is 165 Å². The molecule has 12 nitrogen and oxygen atoms in total. The number of fused-ring (bicyclic) bond motifs is 12. The van der Waals surface area contributed by atoms with Gasteiger partial charge >= 0.3 is 0 Å². The molecule has 0 saturated carbocycles. The molecule has 100 heavy (non-hydrogen) atoms. The number of aryl methyl sites for hydroxylation is 8. The molecule has 0 fully saturated rings. The predicted octanol–water partition coefficient (Wildman–Crippen LogP) is 22.4. The van der Waals surface area contributed by atoms with E-state index >= 15 is 0 Å². The van der Waals surface area contributed by atoms with Crippen LogP contribution in [0.2, 0.25) is 0 Å². The highest BCUT2D eigenvalue weighted by Gasteiger charge is 2.26. The number of para-hydroxylation sites is 4. The molecule has 6 aromatic heterocycles. The molecule has 0 amide bonds. The van der Waals surface area contributed by atoms with Gasteiger partial charge in [-0.15, -0.1) is 0 Å². The maximum atomic E-state index is 8.08. The largest absolute Gasteiger partial charge is 0.310 e. The van der Waals surface area contributed by atoms with E-state index in [-0.39, 0.29) is 0 Å². The van der Waals surface area contributed by atoms with Gasteiger partial charge in [-0.1, -0.05) is 140 Å². The third-order valence-corrected chi connectivity index (χ3v) is 19.3. The molecule has 12 heteroatoms. The molecule has 0 bridgehead atoms. The molecule has 0 atom stereocenters. The van der Waals surface area contributed by atoms with Gasteiger partial charge < -0.3 is 18.3 Å². The Bertz CT molecular complexity index is 6520. The highest BCUT2D eigenvalue weighted by Crippen LogP contribution is 2.46. The monoisotopic (exact) mass is 1290 g/mol. The van der Waals surface area contributed by atoms with Crippen LogP contribution >= 0.6 is 0 Å². The summed E-state index contributed by atoms with van der Waals surface area (Å²) < 4.78 is 9.42. The lowest BCUT2D eigenvalue weighted by Gasteiger charge is -2.20. The van der Waals surface area contributed by atoms with E-state index in [0.29, 0.717) is 46.3 Å². The molecule has 18 rings (SSSR count). The summed E-state index contributed by atoms with van der Waals surface area (Å²) in [5.41, 5.74) is 24.5. The van der Waals surface area contributed by atoms with E-state index in [1.165, 1.54) is 65.3 Å². The fourth-order valence-electron chi connectivity index (χ4n) is 15.0. The molecular weight excluding hydrogens is 1230 g/mol. The quantitative estimate of drug-likeness (QED) is 0.140. The summed E-state index contributed by atoms with van der Waals surface area (Å²) >= 11 is 0. The Morgan fingerprint density at radius 2 is 0.530 bits per heavy atom. The van der Waals surface area contributed by atoms with E-state index in [9.17, 15) is 0 Å². The fourth-order valence-corrected chi connectivity index (χ4v) is 15.0. The zero-order valence-corrected chi connectivity index (χ0v) is 56.5. The van der Waals surface area contributed by atoms with Crippen LogP contribution in [0, 0.1) is 68.5 Å². The second-order valence-electron chi connectivity index (χ2n) is 26.1. The van der Waals surface area contributed by atoms with E-state index in [1.807, 2.05) is 52.0 Å². The molecule has 0 aliphatic carbocycles. The van der Waals surface area contributed by atoms with Gasteiger partial charge in [0.25, 0.3) is 0 Å². The first kappa shape index (κ1) is 60.5. The van der Waals surface area contributed by atoms with Gasteiger partial charge in [-0.25, -0.2) is 39.6 Å². The fraction of sp³-hybridized carbons (Fsp3) is 0.0909. The smallest absolute Gasteiger partial charge is 0.189 e. The topological polar surface area (TPSA) is 106 Å². The molecule has 6 heterocycles. The standard InChI is InChI=1S/2C44H32N6/c1-26-14-18-34-32-10-6-8-12-38(32)49(41(34)22-26)40-21-16-30(44-47-28(3)46-29(4)48-44)24-37(40)36-20-17-31(45-5)25-43(36)50-39-13-9-7-11-33(39)35-19-15-27(2)23-42(35)50;1-26-14-18-34-32-10-6-8-12-38(32)49(42(34)22-26)40-20-16-30(44-47-28(3)46-29(4)48-44)24-36(40)37-25-31(45-5)17-21-41(37)50-39-13-9-7-11-33(39)35-19-15-27(2)23-43(35)50/h2*6-25H,1-4H3. The molecule has 0 aliphatic rings. The Labute approximate surface area is 577 Å². The van der Waals surface area contributed by atoms with Crippen molar-refractivity contribution in [2.75, 3.05) is 0 Å². The molecule has 0 N–H and O–H groups in total. The SMILES string of the molecule is [C-]#[N+]c1ccc(-c2cc(-c3nc(C)nc(C)n3)ccc2-n2c3ccccc3c3ccc(C)cc32)c(-n2c3ccccc3c3ccc(C)cc32)c1.[C-]#[N+]c1ccc(-n2c3ccccc3c3ccc(C)cc32)c(-c2cc(-c3nc(C)nc(C)n3)ccc2-n2c3ccccc3c3ccc(C)cc32)c1. The number of nitrogens with zero attached hydrogens (tertiary/aromatic N) is 12. The van der Waals surface area contributed by atoms with E-state index in [2.05, 4.69) is 284 Å². The lowest BCUT2D eigenvalue weighted by atomic mass is 9.97. The van der Waals surface area contributed by atoms with Gasteiger partial charge in [0.05, 0.1) is 74.3 Å². The Kier molecular flexibility index (Phi) is 14.5. The second-order valence-corrected chi connectivity index (χ2v) is 26.1. The Morgan fingerprint density at radius 1 is 0.240 bits per heavy atom. The van der Waals surface area contributed by atoms with Crippen molar-refractivity contribution in [2.45, 2.75) is 55.4 Å². The summed E-state index contributed by atoms with van der Waals surface area (Å²) in [6.45, 7) is 32.3. The van der Waals surface area contributed by atoms with Gasteiger partial charge in [-0.3, -0.25) is 0 Å². The average Bonchev–Trinajstić information content (AvgIpc) is 1.56. The third kappa shape index (κ3) is 10.1. The first-order chi connectivity index (χ1) is 48.7. The number of aromatic nitrogens is 10. The minimum atomic E-state index is 0.571. The van der Waals surface area contributed by atoms with Crippen LogP contribution in [-0.2, 0) is 0 Å². The van der Waals surface area contributed by atoms with E-state index in [0.717, 1.165) is 100 Å². The van der Waals surface area contributed by atoms with Crippen LogP contribution in [0.1, 0.15) is 45.6 Å². The van der Waals surface area contributed by atoms with Crippen LogP contribution in [-0.4, -0.2) is 48.2 Å². The molecule has 0 unspecified atom stereocenters. The summed E-state index contributed by atoms with van der Waals surface area (Å²) in [7, 11) is 0. The van der Waals surface area contributed by atoms with Crippen molar-refractivity contribution in [1.29, 1.82) is 0 Å². The normalized spacial score (nSPS) is 11.6. The minimum absolute atomic E-state index is 0.571. The van der Waals surface area contributed by atoms with Crippen molar-refractivity contribution in [1.82, 2.24) is 48.2 Å². The summed E-state index contributed by atoms with van der Waals surface area (Å²) in [6.07, 6.45) is 0. The van der Waals surface area contributed by atoms with Gasteiger partial charge in [-0.2, -0.15) is 0 Å². The predicted molar refractivity (Wildman–Crippen MR) is 409 cm³/mol. The van der Waals surface area contributed by atoms with Crippen molar-refractivity contribution in [2.24, 2.45) is 0 Å². The average molecular weight is 1290 g/mol. The van der Waals surface area contributed by atoms with Crippen LogP contribution in [0.5, 0.6) is 0 Å². The lowest BCUT2D eigenvalue weighted by Crippen LogP contribution is -2.03. The van der Waals surface area contributed by atoms with Crippen LogP contribution in [0.3, 0.4) is 0 Å². The van der Waals surface area contributed by atoms with Crippen LogP contribution in [0.4, 0.5) is 11.4 Å². The Balaban J connectivity index is 0.000000150. The van der Waals surface area contributed by atoms with Gasteiger partial charge in [0.1, 0.15) is 23.3 Å². The van der Waals surface area contributed by atoms with E-state index in [4.69, 9.17) is 33.1 Å². The van der Waals surface area contributed by atoms with Gasteiger partial charge in [0.2, 0.25) is 0 Å². The molecule has 0 radical (unpaired) electrons. The second kappa shape index (κ2) is 23.9. The van der Waals surface area contributed by atoms with Crippen molar-refractivity contribution in [3.05, 3.63) is 311 Å². The van der Waals surface area contributed by atoms with Crippen molar-refractivity contribution in [3.63, 3.8) is 0 Å². The first-order valence-electron chi connectivity index (χ1n) is 33.5. The lowest BCUT2D eigenvalue weighted by molar-refractivity contribution is 0.928. The van der Waals surface area contributed by atoms with Gasteiger partial charge in [0, 0.05) is 76.6 Å². The first-order valence-corrected chi connectivity index (χ1v) is 33.5. The Morgan fingerprint density at radius 3 is 0.890 bits per heavy atom. The Hall–Kier alpha value is -13.2. The third-order valence-electron chi connectivity index (χ3n) is 19.3. The van der Waals surface area contributed by atoms with Crippen molar-refractivity contribution in [3.8, 4) is 67.8 Å². The highest BCUT2D eigenvalue weighted by atomic mass is 15.1. The molecule has 18 aromatic rings. The van der Waals surface area contributed by atoms with Crippen molar-refractivity contribution >= 4 is 98.6 Å². The summed E-state index contributed by atoms with van der Waals surface area (Å²) in [5, 5.41) is 9.50. The summed E-state index contributed by atoms with van der Waals surface area (Å²) in [5.74, 6) is 3.96. The van der Waals surface area contributed by atoms with Gasteiger partial charge in [-0.05, 0) is 186 Å². The number of benzene rings is 12. The maximum absolute atomic E-state index is 8.08. The van der Waals surface area contributed by atoms with E-state index < -0.39 is 0 Å². The molecule has 0 spiro atoms. The molecular formula is C88H64N12. The molecule has 0 aliphatic heterocycles. The number of hydrogen-bond donors (Lipinski definition) is 0. The van der Waals surface area contributed by atoms with Crippen LogP contribution in [0.15, 0.2) is 243 Å². The highest BCUT2D eigenvalue weighted by molar-refractivity contribution is 6.14. The summed E-state index contributed by atoms with van der Waals surface area (Å²) in [6, 6.07) is 85.9. The van der Waals surface area contributed by atoms with Crippen molar-refractivity contribution < 1.29 is 0 Å². The molecule has 12 aromatic carbocycles. The number of hydrogen-bond acceptors (Lipinski definition) is 6. The van der Waals surface area contributed by atoms with Gasteiger partial charge in [0.15, 0.2) is 23.0 Å². The molecule has 0 saturated heterocycles. The van der Waals surface area contributed by atoms with E-state index in [1.54, 1.807) is 0 Å². The minimum Gasteiger partial charge on any atom is -0.310 e. The number of rotatable bonds is 8. The van der Waals surface area contributed by atoms with Crippen LogP contribution < -0.4 is 0 Å². The molecule has 476 valence electrons. The summed E-state index contributed by atoms with van der Waals surface area (Å²) in [4.78, 5) is 35.8.